The molecular weight excluding hydrogens is 250 g/mol. The minimum Gasteiger partial charge on any atom is -0.381 e. The van der Waals surface area contributed by atoms with Gasteiger partial charge in [0.2, 0.25) is 0 Å². The third-order valence-corrected chi connectivity index (χ3v) is 2.87. The Hall–Kier alpha value is -1.88. The summed E-state index contributed by atoms with van der Waals surface area (Å²) in [5.74, 6) is 0.263. The molecule has 2 rings (SSSR count). The molecule has 0 bridgehead atoms. The van der Waals surface area contributed by atoms with Crippen molar-refractivity contribution in [2.75, 3.05) is 6.26 Å². The molecule has 0 radical (unpaired) electrons. The molecule has 4 nitrogen and oxygen atoms in total. The van der Waals surface area contributed by atoms with Gasteiger partial charge in [0.1, 0.15) is 0 Å². The van der Waals surface area contributed by atoms with Crippen LogP contribution in [0.15, 0.2) is 42.6 Å². The average Bonchev–Trinajstić information content (AvgIpc) is 2.31. The fourth-order valence-electron chi connectivity index (χ4n) is 1.55. The van der Waals surface area contributed by atoms with Gasteiger partial charge in [-0.1, -0.05) is 30.3 Å². The van der Waals surface area contributed by atoms with Crippen molar-refractivity contribution in [2.24, 2.45) is 0 Å². The maximum absolute atomic E-state index is 11.2. The molecule has 0 aliphatic heterocycles. The van der Waals surface area contributed by atoms with Gasteiger partial charge in [-0.15, -0.1) is 0 Å². The van der Waals surface area contributed by atoms with Crippen molar-refractivity contribution in [1.82, 2.24) is 4.98 Å². The first-order valence-electron chi connectivity index (χ1n) is 5.37. The molecule has 1 heterocycles. The van der Waals surface area contributed by atoms with Crippen LogP contribution in [0.1, 0.15) is 5.69 Å². The van der Waals surface area contributed by atoms with Gasteiger partial charge in [0.05, 0.1) is 11.9 Å². The zero-order chi connectivity index (χ0) is 13.2. The summed E-state index contributed by atoms with van der Waals surface area (Å²) >= 11 is 0. The summed E-state index contributed by atoms with van der Waals surface area (Å²) in [6.07, 6.45) is 2.71. The molecule has 0 unspecified atom stereocenters. The Morgan fingerprint density at radius 2 is 1.78 bits per heavy atom. The number of aromatic nitrogens is 1. The summed E-state index contributed by atoms with van der Waals surface area (Å²) < 4.78 is 27.2. The second-order valence-corrected chi connectivity index (χ2v) is 5.54. The van der Waals surface area contributed by atoms with E-state index in [1.807, 2.05) is 30.3 Å². The van der Waals surface area contributed by atoms with E-state index in [-0.39, 0.29) is 5.75 Å². The molecule has 18 heavy (non-hydrogen) atoms. The lowest BCUT2D eigenvalue weighted by Gasteiger charge is -2.08. The van der Waals surface area contributed by atoms with E-state index in [9.17, 15) is 8.42 Å². The Kier molecular flexibility index (Phi) is 3.34. The fourth-order valence-corrected chi connectivity index (χ4v) is 2.04. The molecule has 0 aliphatic rings. The zero-order valence-corrected chi connectivity index (χ0v) is 10.9. The van der Waals surface area contributed by atoms with Gasteiger partial charge in [-0.2, -0.15) is 8.42 Å². The fraction of sp³-hybridized carbons (Fsp3) is 0.154. The highest BCUT2D eigenvalue weighted by Crippen LogP contribution is 2.25. The average molecular weight is 263 g/mol. The molecule has 0 amide bonds. The largest absolute Gasteiger partial charge is 0.381 e. The van der Waals surface area contributed by atoms with Gasteiger partial charge in [0, 0.05) is 11.8 Å². The third-order valence-electron chi connectivity index (χ3n) is 2.39. The van der Waals surface area contributed by atoms with E-state index in [1.165, 1.54) is 0 Å². The molecule has 1 aromatic heterocycles. The normalized spacial score (nSPS) is 11.2. The molecule has 94 valence electrons. The summed E-state index contributed by atoms with van der Waals surface area (Å²) in [6.45, 7) is 1.70. The molecule has 0 spiro atoms. The number of hydrogen-bond donors (Lipinski definition) is 0. The number of hydrogen-bond acceptors (Lipinski definition) is 4. The number of pyridine rings is 1. The van der Waals surface area contributed by atoms with Gasteiger partial charge in [0.15, 0.2) is 5.75 Å². The third kappa shape index (κ3) is 3.07. The zero-order valence-electron chi connectivity index (χ0n) is 10.1. The van der Waals surface area contributed by atoms with Crippen molar-refractivity contribution in [3.8, 4) is 16.9 Å². The van der Waals surface area contributed by atoms with Crippen molar-refractivity contribution < 1.29 is 12.6 Å². The number of benzene rings is 1. The lowest BCUT2D eigenvalue weighted by atomic mass is 10.1. The van der Waals surface area contributed by atoms with Gasteiger partial charge >= 0.3 is 10.1 Å². The summed E-state index contributed by atoms with van der Waals surface area (Å²) in [6, 6.07) is 11.3. The Labute approximate surface area is 106 Å². The molecule has 0 fully saturated rings. The Morgan fingerprint density at radius 1 is 1.11 bits per heavy atom. The lowest BCUT2D eigenvalue weighted by Crippen LogP contribution is -2.07. The highest BCUT2D eigenvalue weighted by atomic mass is 32.2. The maximum Gasteiger partial charge on any atom is 0.306 e. The standard InChI is InChI=1S/C13H13NO3S/c1-10-13(17-18(2,15)16)8-12(9-14-10)11-6-4-3-5-7-11/h3-9H,1-2H3. The van der Waals surface area contributed by atoms with Gasteiger partial charge in [0.25, 0.3) is 0 Å². The predicted molar refractivity (Wildman–Crippen MR) is 69.9 cm³/mol. The first kappa shape index (κ1) is 12.6. The minimum absolute atomic E-state index is 0.263. The van der Waals surface area contributed by atoms with Crippen molar-refractivity contribution in [3.05, 3.63) is 48.3 Å². The maximum atomic E-state index is 11.2. The number of rotatable bonds is 3. The van der Waals surface area contributed by atoms with Gasteiger partial charge < -0.3 is 4.18 Å². The Morgan fingerprint density at radius 3 is 2.39 bits per heavy atom. The van der Waals surface area contributed by atoms with Crippen molar-refractivity contribution in [1.29, 1.82) is 0 Å². The first-order valence-corrected chi connectivity index (χ1v) is 7.19. The summed E-state index contributed by atoms with van der Waals surface area (Å²) in [5, 5.41) is 0. The smallest absolute Gasteiger partial charge is 0.306 e. The van der Waals surface area contributed by atoms with Crippen LogP contribution in [0.3, 0.4) is 0 Å². The van der Waals surface area contributed by atoms with E-state index in [0.717, 1.165) is 17.4 Å². The van der Waals surface area contributed by atoms with Gasteiger partial charge in [-0.3, -0.25) is 4.98 Å². The molecule has 0 atom stereocenters. The monoisotopic (exact) mass is 263 g/mol. The molecule has 2 aromatic rings. The van der Waals surface area contributed by atoms with E-state index < -0.39 is 10.1 Å². The first-order chi connectivity index (χ1) is 8.46. The number of aryl methyl sites for hydroxylation is 1. The van der Waals surface area contributed by atoms with E-state index in [1.54, 1.807) is 19.2 Å². The molecule has 5 heteroatoms. The summed E-state index contributed by atoms with van der Waals surface area (Å²) in [4.78, 5) is 4.15. The minimum atomic E-state index is -3.54. The van der Waals surface area contributed by atoms with E-state index in [4.69, 9.17) is 4.18 Å². The highest BCUT2D eigenvalue weighted by molar-refractivity contribution is 7.86. The van der Waals surface area contributed by atoms with Crippen LogP contribution in [0, 0.1) is 6.92 Å². The van der Waals surface area contributed by atoms with Gasteiger partial charge in [-0.25, -0.2) is 0 Å². The van der Waals surface area contributed by atoms with E-state index in [2.05, 4.69) is 4.98 Å². The Bertz CT molecular complexity index is 651. The molecule has 0 saturated carbocycles. The topological polar surface area (TPSA) is 56.3 Å². The summed E-state index contributed by atoms with van der Waals surface area (Å²) in [7, 11) is -3.54. The van der Waals surface area contributed by atoms with Crippen LogP contribution in [-0.4, -0.2) is 19.7 Å². The second-order valence-electron chi connectivity index (χ2n) is 3.96. The van der Waals surface area contributed by atoms with Crippen LogP contribution >= 0.6 is 0 Å². The Balaban J connectivity index is 2.44. The van der Waals surface area contributed by atoms with Crippen molar-refractivity contribution >= 4 is 10.1 Å². The molecule has 1 aromatic carbocycles. The molecular formula is C13H13NO3S. The molecule has 0 aliphatic carbocycles. The number of nitrogens with zero attached hydrogens (tertiary/aromatic N) is 1. The van der Waals surface area contributed by atoms with Crippen LogP contribution in [0.5, 0.6) is 5.75 Å². The van der Waals surface area contributed by atoms with Crippen LogP contribution in [0.25, 0.3) is 11.1 Å². The van der Waals surface area contributed by atoms with Gasteiger partial charge in [-0.05, 0) is 18.6 Å². The van der Waals surface area contributed by atoms with E-state index in [0.29, 0.717) is 5.69 Å². The van der Waals surface area contributed by atoms with Crippen LogP contribution in [0.4, 0.5) is 0 Å². The molecule has 0 saturated heterocycles. The lowest BCUT2D eigenvalue weighted by molar-refractivity contribution is 0.489. The summed E-state index contributed by atoms with van der Waals surface area (Å²) in [5.41, 5.74) is 2.32. The predicted octanol–water partition coefficient (Wildman–Crippen LogP) is 2.40. The molecule has 0 N–H and O–H groups in total. The van der Waals surface area contributed by atoms with Crippen LogP contribution in [0.2, 0.25) is 0 Å². The van der Waals surface area contributed by atoms with Crippen LogP contribution in [-0.2, 0) is 10.1 Å². The van der Waals surface area contributed by atoms with E-state index >= 15 is 0 Å². The second kappa shape index (κ2) is 4.78. The van der Waals surface area contributed by atoms with Crippen LogP contribution < -0.4 is 4.18 Å². The highest BCUT2D eigenvalue weighted by Gasteiger charge is 2.10. The SMILES string of the molecule is Cc1ncc(-c2ccccc2)cc1OS(C)(=O)=O. The quantitative estimate of drug-likeness (QED) is 0.798. The van der Waals surface area contributed by atoms with Crippen molar-refractivity contribution in [3.63, 3.8) is 0 Å². The van der Waals surface area contributed by atoms with Crippen molar-refractivity contribution in [2.45, 2.75) is 6.92 Å².